The second-order valence-electron chi connectivity index (χ2n) is 7.66. The molecule has 33 heavy (non-hydrogen) atoms. The highest BCUT2D eigenvalue weighted by Crippen LogP contribution is 2.24. The molecule has 7 nitrogen and oxygen atoms in total. The number of ether oxygens (including phenoxy) is 1. The normalized spacial score (nSPS) is 17.8. The zero-order chi connectivity index (χ0) is 23.5. The SMILES string of the molecule is NC(=O)CN1CCSSCCCN(C(=O)OCc2ccccc2)C(Cc2ccccc2)C1=O. The molecule has 0 radical (unpaired) electrons. The van der Waals surface area contributed by atoms with Gasteiger partial charge in [0.05, 0.1) is 6.54 Å². The minimum absolute atomic E-state index is 0.123. The van der Waals surface area contributed by atoms with Crippen LogP contribution in [0.2, 0.25) is 0 Å². The zero-order valence-corrected chi connectivity index (χ0v) is 20.1. The number of nitrogens with two attached hydrogens (primary N) is 1. The van der Waals surface area contributed by atoms with Crippen molar-refractivity contribution in [2.45, 2.75) is 25.5 Å². The van der Waals surface area contributed by atoms with Gasteiger partial charge >= 0.3 is 6.09 Å². The van der Waals surface area contributed by atoms with Crippen LogP contribution in [0.15, 0.2) is 60.7 Å². The summed E-state index contributed by atoms with van der Waals surface area (Å²) in [5, 5.41) is 0. The average molecular weight is 488 g/mol. The van der Waals surface area contributed by atoms with E-state index in [9.17, 15) is 14.4 Å². The molecular weight excluding hydrogens is 458 g/mol. The molecule has 2 N–H and O–H groups in total. The number of amides is 3. The third-order valence-corrected chi connectivity index (χ3v) is 7.66. The first-order chi connectivity index (χ1) is 16.0. The number of carbonyl (C=O) groups is 3. The average Bonchev–Trinajstić information content (AvgIpc) is 2.85. The standard InChI is InChI=1S/C24H29N3O4S2/c25-22(28)17-26-13-15-33-32-14-7-12-27(24(30)31-18-20-10-5-2-6-11-20)21(23(26)29)16-19-8-3-1-4-9-19/h1-6,8-11,21H,7,12-18H2,(H2,25,28). The van der Waals surface area contributed by atoms with E-state index in [0.717, 1.165) is 23.3 Å². The Labute approximate surface area is 202 Å². The van der Waals surface area contributed by atoms with E-state index in [1.807, 2.05) is 60.7 Å². The molecule has 3 amide bonds. The van der Waals surface area contributed by atoms with Crippen LogP contribution in [0.4, 0.5) is 4.79 Å². The van der Waals surface area contributed by atoms with Gasteiger partial charge in [-0.1, -0.05) is 82.3 Å². The summed E-state index contributed by atoms with van der Waals surface area (Å²) >= 11 is 0. The van der Waals surface area contributed by atoms with Gasteiger partial charge < -0.3 is 15.4 Å². The fraction of sp³-hybridized carbons (Fsp3) is 0.375. The number of primary amides is 1. The molecular formula is C24H29N3O4S2. The predicted octanol–water partition coefficient (Wildman–Crippen LogP) is 3.34. The van der Waals surface area contributed by atoms with Gasteiger partial charge in [-0.25, -0.2) is 4.79 Å². The third kappa shape index (κ3) is 8.01. The third-order valence-electron chi connectivity index (χ3n) is 5.19. The van der Waals surface area contributed by atoms with Crippen LogP contribution in [-0.4, -0.2) is 64.9 Å². The molecule has 1 fully saturated rings. The number of benzene rings is 2. The molecule has 2 aromatic rings. The highest BCUT2D eigenvalue weighted by Gasteiger charge is 2.34. The van der Waals surface area contributed by atoms with Crippen LogP contribution in [0.1, 0.15) is 17.5 Å². The van der Waals surface area contributed by atoms with Gasteiger partial charge in [0.1, 0.15) is 12.6 Å². The zero-order valence-electron chi connectivity index (χ0n) is 18.4. The Morgan fingerprint density at radius 1 is 0.939 bits per heavy atom. The summed E-state index contributed by atoms with van der Waals surface area (Å²) in [7, 11) is 3.35. The lowest BCUT2D eigenvalue weighted by atomic mass is 10.0. The van der Waals surface area contributed by atoms with E-state index >= 15 is 0 Å². The Balaban J connectivity index is 1.87. The number of hydrogen-bond acceptors (Lipinski definition) is 6. The largest absolute Gasteiger partial charge is 0.445 e. The molecule has 1 unspecified atom stereocenters. The topological polar surface area (TPSA) is 92.9 Å². The van der Waals surface area contributed by atoms with Gasteiger partial charge in [-0.05, 0) is 17.5 Å². The van der Waals surface area contributed by atoms with Crippen LogP contribution < -0.4 is 5.73 Å². The number of carbonyl (C=O) groups excluding carboxylic acids is 3. The maximum Gasteiger partial charge on any atom is 0.410 e. The van der Waals surface area contributed by atoms with Crippen LogP contribution in [-0.2, 0) is 27.4 Å². The van der Waals surface area contributed by atoms with Crippen LogP contribution in [0.25, 0.3) is 0 Å². The summed E-state index contributed by atoms with van der Waals surface area (Å²) in [6, 6.07) is 18.2. The quantitative estimate of drug-likeness (QED) is 0.629. The lowest BCUT2D eigenvalue weighted by molar-refractivity contribution is -0.139. The van der Waals surface area contributed by atoms with E-state index in [2.05, 4.69) is 0 Å². The molecule has 0 bridgehead atoms. The summed E-state index contributed by atoms with van der Waals surface area (Å²) in [4.78, 5) is 41.5. The van der Waals surface area contributed by atoms with Gasteiger partial charge in [-0.3, -0.25) is 14.5 Å². The van der Waals surface area contributed by atoms with E-state index in [1.165, 1.54) is 9.80 Å². The minimum atomic E-state index is -0.789. The lowest BCUT2D eigenvalue weighted by Gasteiger charge is -2.33. The monoisotopic (exact) mass is 487 g/mol. The molecule has 1 atom stereocenters. The highest BCUT2D eigenvalue weighted by atomic mass is 33.1. The fourth-order valence-corrected chi connectivity index (χ4v) is 5.63. The van der Waals surface area contributed by atoms with Gasteiger partial charge in [0, 0.05) is 31.0 Å². The molecule has 1 saturated heterocycles. The fourth-order valence-electron chi connectivity index (χ4n) is 3.57. The number of hydrogen-bond donors (Lipinski definition) is 1. The Bertz CT molecular complexity index is 914. The minimum Gasteiger partial charge on any atom is -0.445 e. The van der Waals surface area contributed by atoms with Crippen LogP contribution in [0.5, 0.6) is 0 Å². The molecule has 0 saturated carbocycles. The van der Waals surface area contributed by atoms with Crippen molar-refractivity contribution >= 4 is 39.5 Å². The van der Waals surface area contributed by atoms with Crippen molar-refractivity contribution in [1.29, 1.82) is 0 Å². The lowest BCUT2D eigenvalue weighted by Crippen LogP contribution is -2.54. The van der Waals surface area contributed by atoms with E-state index in [4.69, 9.17) is 10.5 Å². The van der Waals surface area contributed by atoms with Crippen LogP contribution in [0.3, 0.4) is 0 Å². The van der Waals surface area contributed by atoms with E-state index in [-0.39, 0.29) is 19.1 Å². The van der Waals surface area contributed by atoms with Crippen molar-refractivity contribution in [2.24, 2.45) is 5.73 Å². The van der Waals surface area contributed by atoms with Crippen molar-refractivity contribution in [2.75, 3.05) is 31.1 Å². The number of rotatable bonds is 6. The summed E-state index contributed by atoms with van der Waals surface area (Å²) in [5.74, 6) is 0.657. The molecule has 0 spiro atoms. The molecule has 1 aliphatic rings. The second-order valence-corrected chi connectivity index (χ2v) is 10.4. The van der Waals surface area contributed by atoms with Gasteiger partial charge in [0.2, 0.25) is 11.8 Å². The van der Waals surface area contributed by atoms with Gasteiger partial charge in [0.15, 0.2) is 0 Å². The highest BCUT2D eigenvalue weighted by molar-refractivity contribution is 8.76. The van der Waals surface area contributed by atoms with Gasteiger partial charge in [-0.2, -0.15) is 0 Å². The summed E-state index contributed by atoms with van der Waals surface area (Å²) in [5.41, 5.74) is 7.23. The Morgan fingerprint density at radius 3 is 2.24 bits per heavy atom. The van der Waals surface area contributed by atoms with Gasteiger partial charge in [0.25, 0.3) is 0 Å². The maximum atomic E-state index is 13.7. The molecule has 2 aromatic carbocycles. The molecule has 3 rings (SSSR count). The summed E-state index contributed by atoms with van der Waals surface area (Å²) in [6.45, 7) is 0.715. The first kappa shape index (κ1) is 25.0. The second kappa shape index (κ2) is 13.2. The van der Waals surface area contributed by atoms with Crippen molar-refractivity contribution in [3.05, 3.63) is 71.8 Å². The van der Waals surface area contributed by atoms with Gasteiger partial charge in [-0.15, -0.1) is 0 Å². The summed E-state index contributed by atoms with van der Waals surface area (Å²) in [6.07, 6.45) is 0.520. The first-order valence-corrected chi connectivity index (χ1v) is 13.4. The van der Waals surface area contributed by atoms with Crippen molar-refractivity contribution in [3.8, 4) is 0 Å². The smallest absolute Gasteiger partial charge is 0.410 e. The van der Waals surface area contributed by atoms with E-state index in [0.29, 0.717) is 25.3 Å². The molecule has 0 aliphatic carbocycles. The molecule has 0 aromatic heterocycles. The molecule has 1 aliphatic heterocycles. The maximum absolute atomic E-state index is 13.7. The van der Waals surface area contributed by atoms with Crippen LogP contribution in [0, 0.1) is 0 Å². The molecule has 176 valence electrons. The summed E-state index contributed by atoms with van der Waals surface area (Å²) < 4.78 is 5.61. The van der Waals surface area contributed by atoms with Crippen molar-refractivity contribution in [1.82, 2.24) is 9.80 Å². The number of nitrogens with zero attached hydrogens (tertiary/aromatic N) is 2. The Hall–Kier alpha value is -2.65. The van der Waals surface area contributed by atoms with E-state index < -0.39 is 18.0 Å². The molecule has 1 heterocycles. The molecule has 9 heteroatoms. The Kier molecular flexibility index (Phi) is 9.96. The first-order valence-electron chi connectivity index (χ1n) is 10.9. The van der Waals surface area contributed by atoms with Crippen LogP contribution >= 0.6 is 21.6 Å². The van der Waals surface area contributed by atoms with Crippen molar-refractivity contribution in [3.63, 3.8) is 0 Å². The van der Waals surface area contributed by atoms with Crippen molar-refractivity contribution < 1.29 is 19.1 Å². The predicted molar refractivity (Wildman–Crippen MR) is 133 cm³/mol. The van der Waals surface area contributed by atoms with E-state index in [1.54, 1.807) is 21.6 Å². The Morgan fingerprint density at radius 2 is 1.58 bits per heavy atom.